The summed E-state index contributed by atoms with van der Waals surface area (Å²) in [4.78, 5) is 25.1. The molecule has 2 aromatic rings. The maximum atomic E-state index is 12.4. The quantitative estimate of drug-likeness (QED) is 0.559. The Balaban J connectivity index is 1.64. The van der Waals surface area contributed by atoms with Crippen LogP contribution in [0.5, 0.6) is 5.75 Å². The van der Waals surface area contributed by atoms with Crippen LogP contribution in [0, 0.1) is 10.1 Å². The Morgan fingerprint density at radius 2 is 1.93 bits per heavy atom. The Hall–Kier alpha value is -2.93. The van der Waals surface area contributed by atoms with Gasteiger partial charge in [0.25, 0.3) is 5.69 Å². The summed E-state index contributed by atoms with van der Waals surface area (Å²) in [5.41, 5.74) is 1.90. The van der Waals surface area contributed by atoms with Gasteiger partial charge in [0.15, 0.2) is 0 Å². The summed E-state index contributed by atoms with van der Waals surface area (Å²) in [5.74, 6) is 0.708. The van der Waals surface area contributed by atoms with E-state index in [0.717, 1.165) is 42.8 Å². The third kappa shape index (κ3) is 5.07. The molecule has 148 valence electrons. The Kier molecular flexibility index (Phi) is 6.60. The lowest BCUT2D eigenvalue weighted by Gasteiger charge is -2.28. The largest absolute Gasteiger partial charge is 0.497 e. The van der Waals surface area contributed by atoms with Crippen LogP contribution in [0.1, 0.15) is 30.0 Å². The van der Waals surface area contributed by atoms with E-state index in [9.17, 15) is 14.9 Å². The van der Waals surface area contributed by atoms with Gasteiger partial charge in [0.1, 0.15) is 5.75 Å². The zero-order valence-electron chi connectivity index (χ0n) is 16.0. The fourth-order valence-corrected chi connectivity index (χ4v) is 3.55. The molecule has 0 aliphatic carbocycles. The van der Waals surface area contributed by atoms with Gasteiger partial charge in [-0.05, 0) is 49.2 Å². The van der Waals surface area contributed by atoms with Gasteiger partial charge in [0.05, 0.1) is 24.5 Å². The molecule has 1 aliphatic heterocycles. The van der Waals surface area contributed by atoms with E-state index in [2.05, 4.69) is 16.3 Å². The van der Waals surface area contributed by atoms with Crippen molar-refractivity contribution in [2.45, 2.75) is 25.3 Å². The molecule has 0 aromatic heterocycles. The van der Waals surface area contributed by atoms with Crippen LogP contribution in [-0.2, 0) is 11.2 Å². The lowest BCUT2D eigenvalue weighted by Crippen LogP contribution is -2.37. The zero-order chi connectivity index (χ0) is 19.9. The van der Waals surface area contributed by atoms with Crippen LogP contribution < -0.4 is 10.1 Å². The smallest absolute Gasteiger partial charge is 0.269 e. The molecule has 7 heteroatoms. The van der Waals surface area contributed by atoms with Crippen molar-refractivity contribution in [3.05, 3.63) is 69.8 Å². The van der Waals surface area contributed by atoms with Crippen LogP contribution in [0.3, 0.4) is 0 Å². The van der Waals surface area contributed by atoms with Gasteiger partial charge < -0.3 is 10.1 Å². The number of nitrogens with one attached hydrogen (secondary N) is 1. The highest BCUT2D eigenvalue weighted by Gasteiger charge is 2.24. The number of non-ortho nitro benzene ring substituents is 1. The summed E-state index contributed by atoms with van der Waals surface area (Å²) in [6, 6.07) is 14.2. The Morgan fingerprint density at radius 3 is 2.57 bits per heavy atom. The van der Waals surface area contributed by atoms with Crippen LogP contribution in [0.4, 0.5) is 5.69 Å². The van der Waals surface area contributed by atoms with Crippen molar-refractivity contribution in [1.82, 2.24) is 10.2 Å². The first kappa shape index (κ1) is 19.8. The predicted octanol–water partition coefficient (Wildman–Crippen LogP) is 3.10. The van der Waals surface area contributed by atoms with E-state index >= 15 is 0 Å². The van der Waals surface area contributed by atoms with E-state index in [1.807, 2.05) is 18.2 Å². The first-order valence-corrected chi connectivity index (χ1v) is 9.45. The SMILES string of the molecule is COc1cccc(C(CNC(=O)Cc2ccc([N+](=O)[O-])cc2)N2CCCC2)c1. The van der Waals surface area contributed by atoms with Gasteiger partial charge in [-0.3, -0.25) is 19.8 Å². The molecule has 3 rings (SSSR count). The molecule has 1 fully saturated rings. The molecule has 1 unspecified atom stereocenters. The average Bonchev–Trinajstić information content (AvgIpc) is 3.23. The topological polar surface area (TPSA) is 84.7 Å². The molecule has 7 nitrogen and oxygen atoms in total. The maximum absolute atomic E-state index is 12.4. The molecular formula is C21H25N3O4. The second kappa shape index (κ2) is 9.32. The van der Waals surface area contributed by atoms with Gasteiger partial charge >= 0.3 is 0 Å². The third-order valence-electron chi connectivity index (χ3n) is 5.06. The fourth-order valence-electron chi connectivity index (χ4n) is 3.55. The van der Waals surface area contributed by atoms with E-state index in [0.29, 0.717) is 6.54 Å². The fraction of sp³-hybridized carbons (Fsp3) is 0.381. The van der Waals surface area contributed by atoms with Crippen molar-refractivity contribution >= 4 is 11.6 Å². The predicted molar refractivity (Wildman–Crippen MR) is 106 cm³/mol. The Bertz CT molecular complexity index is 817. The van der Waals surface area contributed by atoms with Crippen LogP contribution in [0.15, 0.2) is 48.5 Å². The van der Waals surface area contributed by atoms with E-state index in [-0.39, 0.29) is 24.1 Å². The van der Waals surface area contributed by atoms with Gasteiger partial charge in [-0.2, -0.15) is 0 Å². The summed E-state index contributed by atoms with van der Waals surface area (Å²) >= 11 is 0. The number of nitrogens with zero attached hydrogens (tertiary/aromatic N) is 2. The maximum Gasteiger partial charge on any atom is 0.269 e. The van der Waals surface area contributed by atoms with Crippen molar-refractivity contribution in [3.8, 4) is 5.75 Å². The number of hydrogen-bond donors (Lipinski definition) is 1. The van der Waals surface area contributed by atoms with Gasteiger partial charge in [-0.25, -0.2) is 0 Å². The highest BCUT2D eigenvalue weighted by atomic mass is 16.6. The number of hydrogen-bond acceptors (Lipinski definition) is 5. The first-order valence-electron chi connectivity index (χ1n) is 9.45. The number of rotatable bonds is 8. The highest BCUT2D eigenvalue weighted by molar-refractivity contribution is 5.78. The molecule has 1 atom stereocenters. The minimum atomic E-state index is -0.446. The number of likely N-dealkylation sites (tertiary alicyclic amines) is 1. The van der Waals surface area contributed by atoms with E-state index in [1.54, 1.807) is 19.2 Å². The number of benzene rings is 2. The number of nitro benzene ring substituents is 1. The highest BCUT2D eigenvalue weighted by Crippen LogP contribution is 2.27. The number of carbonyl (C=O) groups is 1. The first-order chi connectivity index (χ1) is 13.6. The third-order valence-corrected chi connectivity index (χ3v) is 5.06. The number of methoxy groups -OCH3 is 1. The van der Waals surface area contributed by atoms with Crippen LogP contribution >= 0.6 is 0 Å². The molecule has 0 spiro atoms. The van der Waals surface area contributed by atoms with Gasteiger partial charge in [-0.15, -0.1) is 0 Å². The lowest BCUT2D eigenvalue weighted by molar-refractivity contribution is -0.384. The summed E-state index contributed by atoms with van der Waals surface area (Å²) in [6.45, 7) is 2.54. The molecular weight excluding hydrogens is 358 g/mol. The van der Waals surface area contributed by atoms with E-state index in [1.165, 1.54) is 12.1 Å². The standard InChI is InChI=1S/C21H25N3O4/c1-28-19-6-4-5-17(14-19)20(23-11-2-3-12-23)15-22-21(25)13-16-7-9-18(10-8-16)24(26)27/h4-10,14,20H,2-3,11-13,15H2,1H3,(H,22,25). The molecule has 2 aromatic carbocycles. The van der Waals surface area contributed by atoms with Crippen molar-refractivity contribution < 1.29 is 14.5 Å². The van der Waals surface area contributed by atoms with Gasteiger partial charge in [0, 0.05) is 18.7 Å². The number of amides is 1. The molecule has 0 radical (unpaired) electrons. The van der Waals surface area contributed by atoms with Crippen LogP contribution in [0.2, 0.25) is 0 Å². The van der Waals surface area contributed by atoms with Crippen molar-refractivity contribution in [1.29, 1.82) is 0 Å². The van der Waals surface area contributed by atoms with Crippen molar-refractivity contribution in [2.75, 3.05) is 26.7 Å². The zero-order valence-corrected chi connectivity index (χ0v) is 16.0. The Labute approximate surface area is 164 Å². The summed E-state index contributed by atoms with van der Waals surface area (Å²) in [7, 11) is 1.65. The van der Waals surface area contributed by atoms with E-state index in [4.69, 9.17) is 4.74 Å². The molecule has 1 heterocycles. The van der Waals surface area contributed by atoms with Gasteiger partial charge in [0.2, 0.25) is 5.91 Å². The summed E-state index contributed by atoms with van der Waals surface area (Å²) in [6.07, 6.45) is 2.53. The van der Waals surface area contributed by atoms with Crippen LogP contribution in [0.25, 0.3) is 0 Å². The van der Waals surface area contributed by atoms with Gasteiger partial charge in [-0.1, -0.05) is 24.3 Å². The normalized spacial score (nSPS) is 15.2. The average molecular weight is 383 g/mol. The number of nitro groups is 1. The second-order valence-electron chi connectivity index (χ2n) is 6.94. The number of carbonyl (C=O) groups excluding carboxylic acids is 1. The van der Waals surface area contributed by atoms with Crippen molar-refractivity contribution in [2.24, 2.45) is 0 Å². The molecule has 0 bridgehead atoms. The minimum Gasteiger partial charge on any atom is -0.497 e. The molecule has 1 N–H and O–H groups in total. The molecule has 1 aliphatic rings. The Morgan fingerprint density at radius 1 is 1.21 bits per heavy atom. The molecule has 1 saturated heterocycles. The van der Waals surface area contributed by atoms with Crippen molar-refractivity contribution in [3.63, 3.8) is 0 Å². The lowest BCUT2D eigenvalue weighted by atomic mass is 10.0. The molecule has 28 heavy (non-hydrogen) atoms. The summed E-state index contributed by atoms with van der Waals surface area (Å²) in [5, 5.41) is 13.8. The van der Waals surface area contributed by atoms with Crippen LogP contribution in [-0.4, -0.2) is 42.5 Å². The second-order valence-corrected chi connectivity index (χ2v) is 6.94. The number of ether oxygens (including phenoxy) is 1. The molecule has 0 saturated carbocycles. The summed E-state index contributed by atoms with van der Waals surface area (Å²) < 4.78 is 5.34. The minimum absolute atomic E-state index is 0.0243. The van der Waals surface area contributed by atoms with E-state index < -0.39 is 4.92 Å². The molecule has 1 amide bonds. The monoisotopic (exact) mass is 383 g/mol.